The smallest absolute Gasteiger partial charge is 0.321 e. The summed E-state index contributed by atoms with van der Waals surface area (Å²) in [6.45, 7) is 4.37. The van der Waals surface area contributed by atoms with E-state index in [0.717, 1.165) is 43.0 Å². The largest absolute Gasteiger partial charge is 0.322 e. The number of fused-ring (bicyclic) bond motifs is 1. The van der Waals surface area contributed by atoms with E-state index in [2.05, 4.69) is 57.2 Å². The van der Waals surface area contributed by atoms with E-state index in [1.807, 2.05) is 17.0 Å². The van der Waals surface area contributed by atoms with Gasteiger partial charge in [0, 0.05) is 38.4 Å². The third kappa shape index (κ3) is 5.04. The van der Waals surface area contributed by atoms with Crippen molar-refractivity contribution in [3.05, 3.63) is 94.2 Å². The van der Waals surface area contributed by atoms with Gasteiger partial charge in [0.05, 0.1) is 27.6 Å². The molecule has 0 atom stereocenters. The van der Waals surface area contributed by atoms with Crippen molar-refractivity contribution < 1.29 is 4.79 Å². The monoisotopic (exact) mass is 493 g/mol. The molecule has 0 bridgehead atoms. The van der Waals surface area contributed by atoms with Gasteiger partial charge in [0.25, 0.3) is 0 Å². The number of aromatic nitrogens is 2. The van der Waals surface area contributed by atoms with Gasteiger partial charge >= 0.3 is 6.03 Å². The van der Waals surface area contributed by atoms with Crippen molar-refractivity contribution >= 4 is 46.0 Å². The summed E-state index contributed by atoms with van der Waals surface area (Å²) < 4.78 is 2.30. The molecule has 1 fully saturated rings. The van der Waals surface area contributed by atoms with Gasteiger partial charge in [-0.05, 0) is 35.9 Å². The summed E-state index contributed by atoms with van der Waals surface area (Å²) in [5.41, 5.74) is 4.03. The van der Waals surface area contributed by atoms with Gasteiger partial charge in [-0.1, -0.05) is 65.7 Å². The van der Waals surface area contributed by atoms with E-state index in [1.165, 1.54) is 5.56 Å². The van der Waals surface area contributed by atoms with E-state index in [9.17, 15) is 4.79 Å². The van der Waals surface area contributed by atoms with Crippen LogP contribution in [0.15, 0.2) is 72.8 Å². The van der Waals surface area contributed by atoms with Crippen LogP contribution in [0.2, 0.25) is 10.0 Å². The van der Waals surface area contributed by atoms with Gasteiger partial charge in [0.2, 0.25) is 0 Å². The number of rotatable bonds is 5. The number of anilines is 1. The molecule has 0 unspecified atom stereocenters. The topological polar surface area (TPSA) is 53.4 Å². The maximum Gasteiger partial charge on any atom is 0.321 e. The number of amides is 2. The predicted molar refractivity (Wildman–Crippen MR) is 138 cm³/mol. The van der Waals surface area contributed by atoms with Gasteiger partial charge in [0.15, 0.2) is 0 Å². The predicted octanol–water partition coefficient (Wildman–Crippen LogP) is 5.74. The fourth-order valence-electron chi connectivity index (χ4n) is 4.27. The van der Waals surface area contributed by atoms with Gasteiger partial charge in [-0.15, -0.1) is 0 Å². The Morgan fingerprint density at radius 1 is 0.853 bits per heavy atom. The SMILES string of the molecule is O=C(Nc1ccc(Cl)c(Cl)c1)N1CCN(Cc2nc3ccccc3n2Cc2ccccc2)CC1. The summed E-state index contributed by atoms with van der Waals surface area (Å²) in [6, 6.07) is 23.7. The second-order valence-corrected chi connectivity index (χ2v) is 9.23. The minimum Gasteiger partial charge on any atom is -0.322 e. The van der Waals surface area contributed by atoms with Crippen LogP contribution in [0.25, 0.3) is 11.0 Å². The molecule has 0 aliphatic carbocycles. The number of carbonyl (C=O) groups is 1. The summed E-state index contributed by atoms with van der Waals surface area (Å²) in [7, 11) is 0. The third-order valence-corrected chi connectivity index (χ3v) is 6.85. The Labute approximate surface area is 208 Å². The van der Waals surface area contributed by atoms with Crippen LogP contribution in [-0.4, -0.2) is 51.6 Å². The third-order valence-electron chi connectivity index (χ3n) is 6.11. The van der Waals surface area contributed by atoms with Crippen LogP contribution in [0.3, 0.4) is 0 Å². The van der Waals surface area contributed by atoms with Crippen LogP contribution in [0.5, 0.6) is 0 Å². The number of halogens is 2. The van der Waals surface area contributed by atoms with E-state index in [-0.39, 0.29) is 6.03 Å². The lowest BCUT2D eigenvalue weighted by Crippen LogP contribution is -2.49. The maximum absolute atomic E-state index is 12.7. The molecule has 1 N–H and O–H groups in total. The van der Waals surface area contributed by atoms with Crippen LogP contribution in [0.1, 0.15) is 11.4 Å². The number of hydrogen-bond acceptors (Lipinski definition) is 3. The Kier molecular flexibility index (Phi) is 6.72. The molecule has 8 heteroatoms. The molecule has 1 aliphatic heterocycles. The van der Waals surface area contributed by atoms with Crippen LogP contribution in [-0.2, 0) is 13.1 Å². The fraction of sp³-hybridized carbons (Fsp3) is 0.231. The first kappa shape index (κ1) is 22.7. The summed E-state index contributed by atoms with van der Waals surface area (Å²) in [4.78, 5) is 21.8. The second-order valence-electron chi connectivity index (χ2n) is 8.41. The average molecular weight is 494 g/mol. The number of carbonyl (C=O) groups excluding carboxylic acids is 1. The number of nitrogens with one attached hydrogen (secondary N) is 1. The molecule has 1 aliphatic rings. The zero-order valence-electron chi connectivity index (χ0n) is 18.6. The molecule has 2 heterocycles. The van der Waals surface area contributed by atoms with Crippen LogP contribution < -0.4 is 5.32 Å². The number of nitrogens with zero attached hydrogens (tertiary/aromatic N) is 4. The van der Waals surface area contributed by atoms with Crippen molar-refractivity contribution in [1.29, 1.82) is 0 Å². The molecule has 0 saturated carbocycles. The normalized spacial score (nSPS) is 14.5. The zero-order chi connectivity index (χ0) is 23.5. The van der Waals surface area contributed by atoms with Crippen molar-refractivity contribution in [2.24, 2.45) is 0 Å². The van der Waals surface area contributed by atoms with Crippen LogP contribution in [0.4, 0.5) is 10.5 Å². The van der Waals surface area contributed by atoms with E-state index < -0.39 is 0 Å². The van der Waals surface area contributed by atoms with Crippen LogP contribution in [0, 0.1) is 0 Å². The number of benzene rings is 3. The van der Waals surface area contributed by atoms with E-state index >= 15 is 0 Å². The van der Waals surface area contributed by atoms with Gasteiger partial charge in [-0.25, -0.2) is 9.78 Å². The van der Waals surface area contributed by atoms with E-state index in [0.29, 0.717) is 28.8 Å². The van der Waals surface area contributed by atoms with Crippen molar-refractivity contribution in [3.63, 3.8) is 0 Å². The molecule has 1 saturated heterocycles. The number of para-hydroxylation sites is 2. The molecule has 1 aromatic heterocycles. The van der Waals surface area contributed by atoms with Crippen molar-refractivity contribution in [2.45, 2.75) is 13.1 Å². The Morgan fingerprint density at radius 2 is 1.59 bits per heavy atom. The number of piperazine rings is 1. The fourth-order valence-corrected chi connectivity index (χ4v) is 4.57. The van der Waals surface area contributed by atoms with E-state index in [1.54, 1.807) is 18.2 Å². The molecule has 5 rings (SSSR count). The number of hydrogen-bond donors (Lipinski definition) is 1. The first-order valence-electron chi connectivity index (χ1n) is 11.3. The molecular formula is C26H25Cl2N5O. The molecular weight excluding hydrogens is 469 g/mol. The highest BCUT2D eigenvalue weighted by molar-refractivity contribution is 6.42. The lowest BCUT2D eigenvalue weighted by atomic mass is 10.2. The summed E-state index contributed by atoms with van der Waals surface area (Å²) >= 11 is 12.0. The molecule has 174 valence electrons. The Morgan fingerprint density at radius 3 is 2.35 bits per heavy atom. The Balaban J connectivity index is 1.25. The highest BCUT2D eigenvalue weighted by Crippen LogP contribution is 2.25. The van der Waals surface area contributed by atoms with Crippen molar-refractivity contribution in [2.75, 3.05) is 31.5 Å². The quantitative estimate of drug-likeness (QED) is 0.385. The van der Waals surface area contributed by atoms with Crippen molar-refractivity contribution in [1.82, 2.24) is 19.4 Å². The molecule has 4 aromatic rings. The zero-order valence-corrected chi connectivity index (χ0v) is 20.1. The van der Waals surface area contributed by atoms with Gasteiger partial charge < -0.3 is 14.8 Å². The number of urea groups is 1. The summed E-state index contributed by atoms with van der Waals surface area (Å²) in [5, 5.41) is 3.79. The Hall–Kier alpha value is -3.06. The molecule has 0 radical (unpaired) electrons. The minimum atomic E-state index is -0.130. The highest BCUT2D eigenvalue weighted by atomic mass is 35.5. The lowest BCUT2D eigenvalue weighted by Gasteiger charge is -2.34. The Bertz CT molecular complexity index is 1300. The highest BCUT2D eigenvalue weighted by Gasteiger charge is 2.23. The van der Waals surface area contributed by atoms with Gasteiger partial charge in [-0.2, -0.15) is 0 Å². The van der Waals surface area contributed by atoms with Crippen molar-refractivity contribution in [3.8, 4) is 0 Å². The van der Waals surface area contributed by atoms with Gasteiger partial charge in [0.1, 0.15) is 5.82 Å². The first-order valence-corrected chi connectivity index (χ1v) is 12.0. The molecule has 34 heavy (non-hydrogen) atoms. The number of imidazole rings is 1. The van der Waals surface area contributed by atoms with Gasteiger partial charge in [-0.3, -0.25) is 4.90 Å². The summed E-state index contributed by atoms with van der Waals surface area (Å²) in [5.74, 6) is 1.04. The van der Waals surface area contributed by atoms with Crippen LogP contribution >= 0.6 is 23.2 Å². The molecule has 2 amide bonds. The maximum atomic E-state index is 12.7. The first-order chi connectivity index (χ1) is 16.6. The molecule has 0 spiro atoms. The molecule has 6 nitrogen and oxygen atoms in total. The second kappa shape index (κ2) is 10.1. The van der Waals surface area contributed by atoms with E-state index in [4.69, 9.17) is 28.2 Å². The standard InChI is InChI=1S/C26H25Cl2N5O/c27-21-11-10-20(16-22(21)28)29-26(34)32-14-12-31(13-15-32)18-25-30-23-8-4-5-9-24(23)33(25)17-19-6-2-1-3-7-19/h1-11,16H,12-15,17-18H2,(H,29,34). The summed E-state index contributed by atoms with van der Waals surface area (Å²) in [6.07, 6.45) is 0. The minimum absolute atomic E-state index is 0.130. The average Bonchev–Trinajstić information content (AvgIpc) is 3.19. The molecule has 3 aromatic carbocycles. The lowest BCUT2D eigenvalue weighted by molar-refractivity contribution is 0.140.